The first-order chi connectivity index (χ1) is 17.4. The molecule has 0 fully saturated rings. The van der Waals surface area contributed by atoms with E-state index in [4.69, 9.17) is 0 Å². The Morgan fingerprint density at radius 1 is 1.11 bits per heavy atom. The SMILES string of the molecule is CCC(c1nc(C(F)(F)F)c(Br)c(=O)n1Cc1ccccc1)N(CCN(C)C)C(=O)c1ncc(C)cn1. The molecule has 0 bridgehead atoms. The maximum absolute atomic E-state index is 13.9. The molecule has 8 nitrogen and oxygen atoms in total. The van der Waals surface area contributed by atoms with Crippen LogP contribution in [0.25, 0.3) is 0 Å². The Balaban J connectivity index is 2.22. The minimum Gasteiger partial charge on any atom is -0.324 e. The van der Waals surface area contributed by atoms with Crippen LogP contribution in [-0.2, 0) is 12.7 Å². The van der Waals surface area contributed by atoms with Crippen molar-refractivity contribution < 1.29 is 18.0 Å². The Hall–Kier alpha value is -3.12. The molecule has 0 saturated heterocycles. The lowest BCUT2D eigenvalue weighted by molar-refractivity contribution is -0.142. The van der Waals surface area contributed by atoms with Crippen molar-refractivity contribution in [3.05, 3.63) is 86.0 Å². The van der Waals surface area contributed by atoms with Gasteiger partial charge in [0.05, 0.1) is 12.6 Å². The van der Waals surface area contributed by atoms with Gasteiger partial charge in [0.1, 0.15) is 10.3 Å². The van der Waals surface area contributed by atoms with Crippen LogP contribution in [-0.4, -0.2) is 62.4 Å². The zero-order valence-corrected chi connectivity index (χ0v) is 22.5. The van der Waals surface area contributed by atoms with Crippen LogP contribution in [0.3, 0.4) is 0 Å². The van der Waals surface area contributed by atoms with Crippen LogP contribution in [0.2, 0.25) is 0 Å². The van der Waals surface area contributed by atoms with Gasteiger partial charge in [-0.05, 0) is 54.5 Å². The van der Waals surface area contributed by atoms with Crippen LogP contribution in [0.5, 0.6) is 0 Å². The van der Waals surface area contributed by atoms with Crippen molar-refractivity contribution in [1.29, 1.82) is 0 Å². The number of likely N-dealkylation sites (N-methyl/N-ethyl adjacent to an activating group) is 1. The van der Waals surface area contributed by atoms with E-state index in [1.807, 2.05) is 19.0 Å². The molecule has 1 unspecified atom stereocenters. The van der Waals surface area contributed by atoms with Gasteiger partial charge in [0.2, 0.25) is 5.82 Å². The molecule has 0 aliphatic carbocycles. The molecule has 0 aliphatic heterocycles. The standard InChI is InChI=1S/C25H28BrF3N6O2/c1-5-18(34(12-11-33(3)4)24(37)21-30-13-16(2)14-31-21)22-32-20(25(27,28)29)19(26)23(36)35(22)15-17-9-7-6-8-10-17/h6-10,13-14,18H,5,11-12,15H2,1-4H3. The lowest BCUT2D eigenvalue weighted by atomic mass is 10.1. The Morgan fingerprint density at radius 3 is 2.27 bits per heavy atom. The smallest absolute Gasteiger partial charge is 0.324 e. The number of rotatable bonds is 9. The number of carbonyl (C=O) groups is 1. The van der Waals surface area contributed by atoms with Crippen LogP contribution in [0, 0.1) is 6.92 Å². The number of amides is 1. The molecule has 198 valence electrons. The molecule has 2 heterocycles. The van der Waals surface area contributed by atoms with Crippen molar-refractivity contribution in [1.82, 2.24) is 29.3 Å². The number of aryl methyl sites for hydroxylation is 1. The third-order valence-electron chi connectivity index (χ3n) is 5.68. The second-order valence-electron chi connectivity index (χ2n) is 8.82. The first-order valence-electron chi connectivity index (χ1n) is 11.6. The Labute approximate surface area is 221 Å². The molecule has 0 saturated carbocycles. The molecule has 12 heteroatoms. The Kier molecular flexibility index (Phi) is 9.19. The van der Waals surface area contributed by atoms with Gasteiger partial charge in [-0.2, -0.15) is 13.2 Å². The maximum atomic E-state index is 13.9. The highest BCUT2D eigenvalue weighted by Crippen LogP contribution is 2.34. The summed E-state index contributed by atoms with van der Waals surface area (Å²) in [6.07, 6.45) is -1.69. The first kappa shape index (κ1) is 28.5. The average Bonchev–Trinajstić information content (AvgIpc) is 2.85. The Bertz CT molecular complexity index is 1280. The minimum atomic E-state index is -4.88. The van der Waals surface area contributed by atoms with Gasteiger partial charge in [-0.15, -0.1) is 0 Å². The summed E-state index contributed by atoms with van der Waals surface area (Å²) in [4.78, 5) is 42.3. The molecule has 1 amide bonds. The Morgan fingerprint density at radius 2 is 1.73 bits per heavy atom. The molecule has 0 aliphatic rings. The number of benzene rings is 1. The van der Waals surface area contributed by atoms with E-state index in [1.165, 1.54) is 21.9 Å². The van der Waals surface area contributed by atoms with E-state index >= 15 is 0 Å². The van der Waals surface area contributed by atoms with E-state index in [2.05, 4.69) is 30.9 Å². The van der Waals surface area contributed by atoms with Crippen LogP contribution < -0.4 is 5.56 Å². The predicted octanol–water partition coefficient (Wildman–Crippen LogP) is 4.33. The summed E-state index contributed by atoms with van der Waals surface area (Å²) >= 11 is 2.82. The average molecular weight is 581 g/mol. The first-order valence-corrected chi connectivity index (χ1v) is 12.4. The van der Waals surface area contributed by atoms with Crippen LogP contribution >= 0.6 is 15.9 Å². The van der Waals surface area contributed by atoms with Crippen molar-refractivity contribution >= 4 is 21.8 Å². The number of aromatic nitrogens is 4. The van der Waals surface area contributed by atoms with Crippen LogP contribution in [0.15, 0.2) is 52.0 Å². The molecule has 3 aromatic rings. The van der Waals surface area contributed by atoms with Gasteiger partial charge in [0, 0.05) is 25.5 Å². The molecule has 1 aromatic carbocycles. The van der Waals surface area contributed by atoms with Crippen LogP contribution in [0.4, 0.5) is 13.2 Å². The maximum Gasteiger partial charge on any atom is 0.434 e. The fourth-order valence-electron chi connectivity index (χ4n) is 3.79. The van der Waals surface area contributed by atoms with E-state index in [1.54, 1.807) is 44.2 Å². The fraction of sp³-hybridized carbons (Fsp3) is 0.400. The predicted molar refractivity (Wildman–Crippen MR) is 136 cm³/mol. The van der Waals surface area contributed by atoms with E-state index in [0.29, 0.717) is 12.1 Å². The molecule has 3 rings (SSSR count). The van der Waals surface area contributed by atoms with Crippen molar-refractivity contribution in [3.8, 4) is 0 Å². The van der Waals surface area contributed by atoms with Crippen molar-refractivity contribution in [2.75, 3.05) is 27.2 Å². The van der Waals surface area contributed by atoms with Crippen molar-refractivity contribution in [3.63, 3.8) is 0 Å². The summed E-state index contributed by atoms with van der Waals surface area (Å²) in [6.45, 7) is 4.05. The number of carbonyl (C=O) groups excluding carboxylic acids is 1. The van der Waals surface area contributed by atoms with Crippen LogP contribution in [0.1, 0.15) is 52.7 Å². The number of alkyl halides is 3. The van der Waals surface area contributed by atoms with E-state index < -0.39 is 33.9 Å². The van der Waals surface area contributed by atoms with E-state index in [-0.39, 0.29) is 31.2 Å². The molecule has 0 spiro atoms. The molecular formula is C25H28BrF3N6O2. The summed E-state index contributed by atoms with van der Waals surface area (Å²) < 4.78 is 42.2. The molecule has 2 aromatic heterocycles. The molecule has 1 atom stereocenters. The zero-order chi connectivity index (χ0) is 27.3. The van der Waals surface area contributed by atoms with Gasteiger partial charge in [-0.25, -0.2) is 15.0 Å². The van der Waals surface area contributed by atoms with Gasteiger partial charge in [-0.1, -0.05) is 37.3 Å². The van der Waals surface area contributed by atoms with E-state index in [9.17, 15) is 22.8 Å². The number of hydrogen-bond donors (Lipinski definition) is 0. The summed E-state index contributed by atoms with van der Waals surface area (Å²) in [5, 5.41) is 0. The topological polar surface area (TPSA) is 84.2 Å². The summed E-state index contributed by atoms with van der Waals surface area (Å²) in [6, 6.07) is 7.90. The fourth-order valence-corrected chi connectivity index (χ4v) is 4.32. The molecular weight excluding hydrogens is 553 g/mol. The summed E-state index contributed by atoms with van der Waals surface area (Å²) in [5.41, 5.74) is -0.764. The van der Waals surface area contributed by atoms with Crippen molar-refractivity contribution in [2.24, 2.45) is 0 Å². The highest BCUT2D eigenvalue weighted by atomic mass is 79.9. The molecule has 37 heavy (non-hydrogen) atoms. The quantitative estimate of drug-likeness (QED) is 0.374. The lowest BCUT2D eigenvalue weighted by Gasteiger charge is -2.33. The minimum absolute atomic E-state index is 0.0218. The van der Waals surface area contributed by atoms with Gasteiger partial charge in [0.25, 0.3) is 11.5 Å². The van der Waals surface area contributed by atoms with Gasteiger partial charge < -0.3 is 9.80 Å². The number of nitrogens with zero attached hydrogens (tertiary/aromatic N) is 6. The zero-order valence-electron chi connectivity index (χ0n) is 21.0. The molecule has 0 radical (unpaired) electrons. The largest absolute Gasteiger partial charge is 0.434 e. The van der Waals surface area contributed by atoms with Crippen molar-refractivity contribution in [2.45, 2.75) is 39.0 Å². The normalized spacial score (nSPS) is 12.6. The second kappa shape index (κ2) is 12.0. The lowest BCUT2D eigenvalue weighted by Crippen LogP contribution is -2.43. The third-order valence-corrected chi connectivity index (χ3v) is 6.39. The third kappa shape index (κ3) is 6.80. The number of halogens is 4. The monoisotopic (exact) mass is 580 g/mol. The highest BCUT2D eigenvalue weighted by Gasteiger charge is 2.39. The van der Waals surface area contributed by atoms with Gasteiger partial charge in [-0.3, -0.25) is 14.2 Å². The highest BCUT2D eigenvalue weighted by molar-refractivity contribution is 9.10. The second-order valence-corrected chi connectivity index (χ2v) is 9.61. The summed E-state index contributed by atoms with van der Waals surface area (Å²) in [5.74, 6) is -0.815. The summed E-state index contributed by atoms with van der Waals surface area (Å²) in [7, 11) is 3.63. The molecule has 0 N–H and O–H groups in total. The van der Waals surface area contributed by atoms with Gasteiger partial charge >= 0.3 is 6.18 Å². The van der Waals surface area contributed by atoms with Gasteiger partial charge in [0.15, 0.2) is 5.69 Å². The van der Waals surface area contributed by atoms with E-state index in [0.717, 1.165) is 5.56 Å². The number of hydrogen-bond acceptors (Lipinski definition) is 6.